The monoisotopic (exact) mass is 434 g/mol. The van der Waals surface area contributed by atoms with Crippen LogP contribution in [-0.4, -0.2) is 26.0 Å². The van der Waals surface area contributed by atoms with E-state index in [-0.39, 0.29) is 37.1 Å². The topological polar surface area (TPSA) is 67.9 Å². The number of carbonyl (C=O) groups excluding carboxylic acids is 2. The van der Waals surface area contributed by atoms with Gasteiger partial charge in [0.25, 0.3) is 5.91 Å². The number of hydrogen-bond donors (Lipinski definition) is 1. The Labute approximate surface area is 185 Å². The molecule has 3 aromatic carbocycles. The van der Waals surface area contributed by atoms with E-state index < -0.39 is 0 Å². The number of carbonyl (C=O) groups is 2. The van der Waals surface area contributed by atoms with Gasteiger partial charge in [-0.05, 0) is 47.5 Å². The van der Waals surface area contributed by atoms with Crippen LogP contribution in [0.5, 0.6) is 11.5 Å². The first-order valence-electron chi connectivity index (χ1n) is 10.2. The summed E-state index contributed by atoms with van der Waals surface area (Å²) in [4.78, 5) is 26.9. The number of benzene rings is 3. The fourth-order valence-corrected chi connectivity index (χ4v) is 3.89. The van der Waals surface area contributed by atoms with Crippen molar-refractivity contribution in [3.63, 3.8) is 0 Å². The maximum absolute atomic E-state index is 13.5. The zero-order valence-corrected chi connectivity index (χ0v) is 17.9. The predicted octanol–water partition coefficient (Wildman–Crippen LogP) is 3.86. The van der Waals surface area contributed by atoms with Gasteiger partial charge in [0.05, 0.1) is 27.2 Å². The first-order chi connectivity index (χ1) is 15.5. The van der Waals surface area contributed by atoms with Crippen LogP contribution in [0.2, 0.25) is 0 Å². The molecule has 0 unspecified atom stereocenters. The molecule has 32 heavy (non-hydrogen) atoms. The van der Waals surface area contributed by atoms with Crippen LogP contribution in [0.4, 0.5) is 10.1 Å². The summed E-state index contributed by atoms with van der Waals surface area (Å²) in [5.41, 5.74) is 3.48. The molecule has 7 heteroatoms. The maximum Gasteiger partial charge on any atom is 0.251 e. The highest BCUT2D eigenvalue weighted by atomic mass is 19.1. The van der Waals surface area contributed by atoms with Crippen LogP contribution in [0.1, 0.15) is 27.0 Å². The first kappa shape index (κ1) is 21.4. The van der Waals surface area contributed by atoms with Gasteiger partial charge in [0.15, 0.2) is 11.5 Å². The Hall–Kier alpha value is -3.87. The van der Waals surface area contributed by atoms with Crippen LogP contribution < -0.4 is 19.7 Å². The van der Waals surface area contributed by atoms with Crippen molar-refractivity contribution in [1.29, 1.82) is 0 Å². The molecule has 0 saturated carbocycles. The lowest BCUT2D eigenvalue weighted by Crippen LogP contribution is -2.26. The minimum Gasteiger partial charge on any atom is -0.493 e. The number of fused-ring (bicyclic) bond motifs is 1. The van der Waals surface area contributed by atoms with Crippen molar-refractivity contribution in [3.05, 3.63) is 88.7 Å². The van der Waals surface area contributed by atoms with Gasteiger partial charge in [0, 0.05) is 23.4 Å². The van der Waals surface area contributed by atoms with Gasteiger partial charge in [-0.15, -0.1) is 0 Å². The van der Waals surface area contributed by atoms with Crippen LogP contribution in [0, 0.1) is 5.82 Å². The number of halogens is 1. The highest BCUT2D eigenvalue weighted by molar-refractivity contribution is 6.03. The number of nitrogens with one attached hydrogen (secondary N) is 1. The third-order valence-electron chi connectivity index (χ3n) is 5.43. The van der Waals surface area contributed by atoms with E-state index in [0.29, 0.717) is 22.6 Å². The molecule has 2 amide bonds. The van der Waals surface area contributed by atoms with E-state index in [1.165, 1.54) is 12.1 Å². The second-order valence-electron chi connectivity index (χ2n) is 7.47. The second-order valence-corrected chi connectivity index (χ2v) is 7.47. The summed E-state index contributed by atoms with van der Waals surface area (Å²) < 4.78 is 24.2. The molecule has 1 heterocycles. The second kappa shape index (κ2) is 9.09. The standard InChI is InChI=1S/C25H23FN2O4/c1-31-22-8-4-6-18(24(22)32-2)14-27-25(30)17-9-10-21-19(12-17)13-23(29)28(21)15-16-5-3-7-20(26)11-16/h3-12H,13-15H2,1-2H3,(H,27,30). The third-order valence-corrected chi connectivity index (χ3v) is 5.43. The molecule has 0 bridgehead atoms. The van der Waals surface area contributed by atoms with Crippen LogP contribution >= 0.6 is 0 Å². The van der Waals surface area contributed by atoms with Gasteiger partial charge in [-0.3, -0.25) is 9.59 Å². The maximum atomic E-state index is 13.5. The number of rotatable bonds is 7. The number of hydrogen-bond acceptors (Lipinski definition) is 4. The highest BCUT2D eigenvalue weighted by Crippen LogP contribution is 2.32. The number of nitrogens with zero attached hydrogens (tertiary/aromatic N) is 1. The minimum absolute atomic E-state index is 0.0806. The summed E-state index contributed by atoms with van der Waals surface area (Å²) in [6, 6.07) is 16.8. The van der Waals surface area contributed by atoms with Gasteiger partial charge in [-0.2, -0.15) is 0 Å². The minimum atomic E-state index is -0.339. The molecule has 1 aliphatic heterocycles. The van der Waals surface area contributed by atoms with Gasteiger partial charge >= 0.3 is 0 Å². The van der Waals surface area contributed by atoms with Crippen molar-refractivity contribution in [2.24, 2.45) is 0 Å². The van der Waals surface area contributed by atoms with E-state index in [1.807, 2.05) is 12.1 Å². The molecule has 0 radical (unpaired) electrons. The average molecular weight is 434 g/mol. The molecule has 0 fully saturated rings. The largest absolute Gasteiger partial charge is 0.493 e. The molecule has 3 aromatic rings. The normalized spacial score (nSPS) is 12.5. The Morgan fingerprint density at radius 1 is 1.06 bits per heavy atom. The number of amides is 2. The van der Waals surface area contributed by atoms with Crippen LogP contribution in [0.25, 0.3) is 0 Å². The van der Waals surface area contributed by atoms with Gasteiger partial charge in [0.2, 0.25) is 5.91 Å². The lowest BCUT2D eigenvalue weighted by atomic mass is 10.1. The van der Waals surface area contributed by atoms with Crippen LogP contribution in [-0.2, 0) is 24.3 Å². The van der Waals surface area contributed by atoms with Crippen molar-refractivity contribution in [3.8, 4) is 11.5 Å². The quantitative estimate of drug-likeness (QED) is 0.613. The molecular weight excluding hydrogens is 411 g/mol. The predicted molar refractivity (Wildman–Crippen MR) is 118 cm³/mol. The molecule has 6 nitrogen and oxygen atoms in total. The van der Waals surface area contributed by atoms with Crippen molar-refractivity contribution in [1.82, 2.24) is 5.32 Å². The lowest BCUT2D eigenvalue weighted by molar-refractivity contribution is -0.117. The van der Waals surface area contributed by atoms with Crippen molar-refractivity contribution >= 4 is 17.5 Å². The Balaban J connectivity index is 1.48. The summed E-state index contributed by atoms with van der Waals surface area (Å²) >= 11 is 0. The van der Waals surface area contributed by atoms with E-state index in [2.05, 4.69) is 5.32 Å². The zero-order valence-electron chi connectivity index (χ0n) is 17.9. The van der Waals surface area contributed by atoms with Crippen molar-refractivity contribution in [2.45, 2.75) is 19.5 Å². The molecule has 0 spiro atoms. The number of methoxy groups -OCH3 is 2. The Kier molecular flexibility index (Phi) is 6.07. The average Bonchev–Trinajstić information content (AvgIpc) is 3.11. The molecular formula is C25H23FN2O4. The Morgan fingerprint density at radius 3 is 2.62 bits per heavy atom. The SMILES string of the molecule is COc1cccc(CNC(=O)c2ccc3c(c2)CC(=O)N3Cc2cccc(F)c2)c1OC. The molecule has 4 rings (SSSR count). The summed E-state index contributed by atoms with van der Waals surface area (Å²) in [5, 5.41) is 2.89. The molecule has 0 aliphatic carbocycles. The lowest BCUT2D eigenvalue weighted by Gasteiger charge is -2.18. The summed E-state index contributed by atoms with van der Waals surface area (Å²) in [6.07, 6.45) is 0.204. The summed E-state index contributed by atoms with van der Waals surface area (Å²) in [7, 11) is 3.11. The number of anilines is 1. The Morgan fingerprint density at radius 2 is 1.88 bits per heavy atom. The smallest absolute Gasteiger partial charge is 0.251 e. The number of para-hydroxylation sites is 1. The zero-order chi connectivity index (χ0) is 22.7. The van der Waals surface area contributed by atoms with E-state index in [0.717, 1.165) is 16.8 Å². The fraction of sp³-hybridized carbons (Fsp3) is 0.200. The molecule has 0 aromatic heterocycles. The highest BCUT2D eigenvalue weighted by Gasteiger charge is 2.28. The van der Waals surface area contributed by atoms with Gasteiger partial charge in [-0.25, -0.2) is 4.39 Å². The number of ether oxygens (including phenoxy) is 2. The van der Waals surface area contributed by atoms with Gasteiger partial charge in [-0.1, -0.05) is 24.3 Å². The van der Waals surface area contributed by atoms with E-state index in [4.69, 9.17) is 9.47 Å². The van der Waals surface area contributed by atoms with Crippen LogP contribution in [0.15, 0.2) is 60.7 Å². The Bertz CT molecular complexity index is 1180. The summed E-state index contributed by atoms with van der Waals surface area (Å²) in [6.45, 7) is 0.547. The molecule has 0 atom stereocenters. The van der Waals surface area contributed by atoms with E-state index in [1.54, 1.807) is 55.5 Å². The molecule has 164 valence electrons. The van der Waals surface area contributed by atoms with E-state index in [9.17, 15) is 14.0 Å². The summed E-state index contributed by atoms with van der Waals surface area (Å²) in [5.74, 6) is 0.488. The van der Waals surface area contributed by atoms with Crippen LogP contribution in [0.3, 0.4) is 0 Å². The molecule has 0 saturated heterocycles. The molecule has 1 N–H and O–H groups in total. The first-order valence-corrected chi connectivity index (χ1v) is 10.2. The van der Waals surface area contributed by atoms with Crippen molar-refractivity contribution < 1.29 is 23.5 Å². The fourth-order valence-electron chi connectivity index (χ4n) is 3.89. The van der Waals surface area contributed by atoms with Gasteiger partial charge in [0.1, 0.15) is 5.82 Å². The van der Waals surface area contributed by atoms with Gasteiger partial charge < -0.3 is 19.7 Å². The molecule has 1 aliphatic rings. The third kappa shape index (κ3) is 4.27. The van der Waals surface area contributed by atoms with Crippen molar-refractivity contribution in [2.75, 3.05) is 19.1 Å². The van der Waals surface area contributed by atoms with E-state index >= 15 is 0 Å².